The Bertz CT molecular complexity index is 418. The van der Waals surface area contributed by atoms with Crippen LogP contribution in [0.1, 0.15) is 33.6 Å². The van der Waals surface area contributed by atoms with E-state index in [1.54, 1.807) is 24.3 Å². The lowest BCUT2D eigenvalue weighted by Gasteiger charge is -2.30. The van der Waals surface area contributed by atoms with Crippen LogP contribution in [0.3, 0.4) is 0 Å². The number of nitrogens with one attached hydrogen (secondary N) is 1. The summed E-state index contributed by atoms with van der Waals surface area (Å²) in [7, 11) is 0. The molecule has 1 aromatic rings. The second kappa shape index (κ2) is 8.52. The smallest absolute Gasteiger partial charge is 0.258 e. The molecule has 0 spiro atoms. The zero-order valence-electron chi connectivity index (χ0n) is 13.0. The first-order chi connectivity index (χ1) is 10.1. The maximum atomic E-state index is 11.9. The highest BCUT2D eigenvalue weighted by Crippen LogP contribution is 2.18. The van der Waals surface area contributed by atoms with E-state index in [9.17, 15) is 9.90 Å². The molecule has 0 atom stereocenters. The van der Waals surface area contributed by atoms with Crippen LogP contribution >= 0.6 is 0 Å². The third-order valence-corrected chi connectivity index (χ3v) is 3.57. The summed E-state index contributed by atoms with van der Waals surface area (Å²) in [6.45, 7) is 6.26. The van der Waals surface area contributed by atoms with E-state index < -0.39 is 5.54 Å². The third kappa shape index (κ3) is 5.27. The van der Waals surface area contributed by atoms with Crippen LogP contribution in [0.2, 0.25) is 0 Å². The maximum absolute atomic E-state index is 11.9. The quantitative estimate of drug-likeness (QED) is 0.732. The van der Waals surface area contributed by atoms with E-state index in [0.29, 0.717) is 25.2 Å². The second-order valence-electron chi connectivity index (χ2n) is 4.89. The van der Waals surface area contributed by atoms with Crippen molar-refractivity contribution < 1.29 is 19.4 Å². The van der Waals surface area contributed by atoms with E-state index in [0.717, 1.165) is 5.75 Å². The van der Waals surface area contributed by atoms with Gasteiger partial charge in [0.1, 0.15) is 11.5 Å². The summed E-state index contributed by atoms with van der Waals surface area (Å²) in [5.41, 5.74) is -0.556. The highest BCUT2D eigenvalue weighted by molar-refractivity contribution is 5.78. The molecule has 0 radical (unpaired) electrons. The van der Waals surface area contributed by atoms with E-state index in [4.69, 9.17) is 9.47 Å². The maximum Gasteiger partial charge on any atom is 0.258 e. The second-order valence-corrected chi connectivity index (χ2v) is 4.89. The topological polar surface area (TPSA) is 67.8 Å². The average molecular weight is 295 g/mol. The number of rotatable bonds is 9. The Morgan fingerprint density at radius 1 is 1.10 bits per heavy atom. The summed E-state index contributed by atoms with van der Waals surface area (Å²) >= 11 is 0. The summed E-state index contributed by atoms with van der Waals surface area (Å²) < 4.78 is 10.8. The Hall–Kier alpha value is -1.75. The third-order valence-electron chi connectivity index (χ3n) is 3.57. The zero-order chi connectivity index (χ0) is 15.7. The SMILES string of the molecule is CCOc1ccc(OCC(=O)NC(CC)(CC)CO)cc1. The van der Waals surface area contributed by atoms with E-state index in [-0.39, 0.29) is 19.1 Å². The molecule has 5 nitrogen and oxygen atoms in total. The molecule has 1 rings (SSSR count). The van der Waals surface area contributed by atoms with Crippen molar-refractivity contribution in [3.63, 3.8) is 0 Å². The first-order valence-corrected chi connectivity index (χ1v) is 7.36. The number of carbonyl (C=O) groups is 1. The van der Waals surface area contributed by atoms with Gasteiger partial charge in [-0.05, 0) is 44.0 Å². The molecule has 0 aromatic heterocycles. The van der Waals surface area contributed by atoms with Gasteiger partial charge >= 0.3 is 0 Å². The summed E-state index contributed by atoms with van der Waals surface area (Å²) in [6, 6.07) is 7.12. The van der Waals surface area contributed by atoms with Crippen LogP contribution in [-0.4, -0.2) is 36.4 Å². The Morgan fingerprint density at radius 3 is 2.05 bits per heavy atom. The number of carbonyl (C=O) groups excluding carboxylic acids is 1. The van der Waals surface area contributed by atoms with Crippen molar-refractivity contribution in [3.05, 3.63) is 24.3 Å². The van der Waals surface area contributed by atoms with Gasteiger partial charge in [0.2, 0.25) is 0 Å². The lowest BCUT2D eigenvalue weighted by Crippen LogP contribution is -2.51. The molecule has 21 heavy (non-hydrogen) atoms. The van der Waals surface area contributed by atoms with E-state index in [2.05, 4.69) is 5.32 Å². The minimum atomic E-state index is -0.556. The van der Waals surface area contributed by atoms with Gasteiger partial charge in [-0.3, -0.25) is 4.79 Å². The minimum absolute atomic E-state index is 0.0737. The van der Waals surface area contributed by atoms with Crippen molar-refractivity contribution in [2.75, 3.05) is 19.8 Å². The number of hydrogen-bond acceptors (Lipinski definition) is 4. The van der Waals surface area contributed by atoms with Gasteiger partial charge in [-0.25, -0.2) is 0 Å². The van der Waals surface area contributed by atoms with Crippen molar-refractivity contribution >= 4 is 5.91 Å². The van der Waals surface area contributed by atoms with Crippen LogP contribution in [0.4, 0.5) is 0 Å². The predicted octanol–water partition coefficient (Wildman–Crippen LogP) is 2.13. The molecule has 5 heteroatoms. The van der Waals surface area contributed by atoms with Gasteiger partial charge in [-0.1, -0.05) is 13.8 Å². The van der Waals surface area contributed by atoms with E-state index in [1.165, 1.54) is 0 Å². The molecule has 0 unspecified atom stereocenters. The molecule has 0 bridgehead atoms. The van der Waals surface area contributed by atoms with Gasteiger partial charge in [-0.15, -0.1) is 0 Å². The number of amides is 1. The van der Waals surface area contributed by atoms with Crippen molar-refractivity contribution in [3.8, 4) is 11.5 Å². The molecule has 1 amide bonds. The van der Waals surface area contributed by atoms with Crippen LogP contribution < -0.4 is 14.8 Å². The van der Waals surface area contributed by atoms with Gasteiger partial charge in [0.05, 0.1) is 18.8 Å². The van der Waals surface area contributed by atoms with Crippen LogP contribution in [0, 0.1) is 0 Å². The molecule has 0 saturated heterocycles. The monoisotopic (exact) mass is 295 g/mol. The van der Waals surface area contributed by atoms with Gasteiger partial charge in [0, 0.05) is 0 Å². The van der Waals surface area contributed by atoms with Gasteiger partial charge in [0.15, 0.2) is 6.61 Å². The van der Waals surface area contributed by atoms with Crippen molar-refractivity contribution in [1.82, 2.24) is 5.32 Å². The molecule has 1 aromatic carbocycles. The summed E-state index contributed by atoms with van der Waals surface area (Å²) in [5.74, 6) is 1.14. The Morgan fingerprint density at radius 2 is 1.62 bits per heavy atom. The van der Waals surface area contributed by atoms with Crippen LogP contribution in [0.15, 0.2) is 24.3 Å². The van der Waals surface area contributed by atoms with Crippen molar-refractivity contribution in [1.29, 1.82) is 0 Å². The van der Waals surface area contributed by atoms with Gasteiger partial charge < -0.3 is 19.9 Å². The predicted molar refractivity (Wildman–Crippen MR) is 81.6 cm³/mol. The normalized spacial score (nSPS) is 11.0. The molecular formula is C16H25NO4. The van der Waals surface area contributed by atoms with Crippen LogP contribution in [0.25, 0.3) is 0 Å². The Balaban J connectivity index is 2.49. The number of ether oxygens (including phenoxy) is 2. The number of aliphatic hydroxyl groups excluding tert-OH is 1. The van der Waals surface area contributed by atoms with Crippen molar-refractivity contribution in [2.24, 2.45) is 0 Å². The molecule has 0 aliphatic carbocycles. The van der Waals surface area contributed by atoms with E-state index in [1.807, 2.05) is 20.8 Å². The first-order valence-electron chi connectivity index (χ1n) is 7.36. The fourth-order valence-electron chi connectivity index (χ4n) is 1.97. The Kier molecular flexibility index (Phi) is 7.02. The minimum Gasteiger partial charge on any atom is -0.494 e. The number of hydrogen-bond donors (Lipinski definition) is 2. The summed E-state index contributed by atoms with van der Waals surface area (Å²) in [4.78, 5) is 11.9. The Labute approximate surface area is 126 Å². The highest BCUT2D eigenvalue weighted by Gasteiger charge is 2.27. The van der Waals surface area contributed by atoms with E-state index >= 15 is 0 Å². The molecule has 0 aliphatic heterocycles. The first kappa shape index (κ1) is 17.3. The average Bonchev–Trinajstić information content (AvgIpc) is 2.52. The van der Waals surface area contributed by atoms with Crippen molar-refractivity contribution in [2.45, 2.75) is 39.2 Å². The lowest BCUT2D eigenvalue weighted by atomic mass is 9.94. The number of benzene rings is 1. The molecule has 0 saturated carbocycles. The molecule has 0 heterocycles. The summed E-state index contributed by atoms with van der Waals surface area (Å²) in [6.07, 6.45) is 1.35. The van der Waals surface area contributed by atoms with Crippen LogP contribution in [-0.2, 0) is 4.79 Å². The largest absolute Gasteiger partial charge is 0.494 e. The highest BCUT2D eigenvalue weighted by atomic mass is 16.5. The zero-order valence-corrected chi connectivity index (χ0v) is 13.0. The lowest BCUT2D eigenvalue weighted by molar-refractivity contribution is -0.125. The molecule has 2 N–H and O–H groups in total. The van der Waals surface area contributed by atoms with Gasteiger partial charge in [-0.2, -0.15) is 0 Å². The molecular weight excluding hydrogens is 270 g/mol. The fraction of sp³-hybridized carbons (Fsp3) is 0.562. The molecule has 0 fully saturated rings. The fourth-order valence-corrected chi connectivity index (χ4v) is 1.97. The molecule has 118 valence electrons. The standard InChI is InChI=1S/C16H25NO4/c1-4-16(5-2,12-18)17-15(19)11-21-14-9-7-13(8-10-14)20-6-3/h7-10,18H,4-6,11-12H2,1-3H3,(H,17,19). The number of aliphatic hydroxyl groups is 1. The summed E-state index contributed by atoms with van der Waals surface area (Å²) in [5, 5.41) is 12.3. The van der Waals surface area contributed by atoms with Crippen LogP contribution in [0.5, 0.6) is 11.5 Å². The molecule has 0 aliphatic rings. The van der Waals surface area contributed by atoms with Gasteiger partial charge in [0.25, 0.3) is 5.91 Å².